The van der Waals surface area contributed by atoms with Gasteiger partial charge in [0.1, 0.15) is 0 Å². The zero-order chi connectivity index (χ0) is 16.7. The summed E-state index contributed by atoms with van der Waals surface area (Å²) in [6.45, 7) is 1.47. The zero-order valence-electron chi connectivity index (χ0n) is 13.3. The summed E-state index contributed by atoms with van der Waals surface area (Å²) in [6.07, 6.45) is 3.08. The molecule has 6 nitrogen and oxygen atoms in total. The van der Waals surface area contributed by atoms with Crippen LogP contribution in [0.5, 0.6) is 0 Å². The molecule has 128 valence electrons. The maximum Gasteiger partial charge on any atom is 0.471 e. The van der Waals surface area contributed by atoms with E-state index in [1.165, 1.54) is 0 Å². The van der Waals surface area contributed by atoms with Gasteiger partial charge in [0.15, 0.2) is 5.78 Å². The molecule has 0 aromatic heterocycles. The number of benzene rings is 1. The number of ketones is 1. The third-order valence-electron chi connectivity index (χ3n) is 3.93. The van der Waals surface area contributed by atoms with E-state index >= 15 is 0 Å². The highest BCUT2D eigenvalue weighted by atomic mass is 31.2. The predicted molar refractivity (Wildman–Crippen MR) is 85.4 cm³/mol. The number of phosphoric acid groups is 1. The van der Waals surface area contributed by atoms with Gasteiger partial charge in [0.2, 0.25) is 0 Å². The van der Waals surface area contributed by atoms with Crippen molar-refractivity contribution in [1.29, 1.82) is 0 Å². The third-order valence-corrected chi connectivity index (χ3v) is 4.90. The van der Waals surface area contributed by atoms with Crippen LogP contribution in [-0.2, 0) is 24.8 Å². The summed E-state index contributed by atoms with van der Waals surface area (Å²) in [7, 11) is -2.93. The molecular weight excluding hydrogens is 319 g/mol. The van der Waals surface area contributed by atoms with Gasteiger partial charge >= 0.3 is 7.82 Å². The monoisotopic (exact) mass is 342 g/mol. The molecule has 1 heterocycles. The maximum atomic E-state index is 12.2. The Balaban J connectivity index is 1.88. The van der Waals surface area contributed by atoms with E-state index in [9.17, 15) is 9.36 Å². The van der Waals surface area contributed by atoms with Gasteiger partial charge in [-0.2, -0.15) is 0 Å². The van der Waals surface area contributed by atoms with Crippen molar-refractivity contribution in [3.05, 3.63) is 35.4 Å². The first kappa shape index (κ1) is 18.3. The highest BCUT2D eigenvalue weighted by molar-refractivity contribution is 7.47. The third kappa shape index (κ3) is 6.16. The first-order valence-electron chi connectivity index (χ1n) is 7.73. The Morgan fingerprint density at radius 2 is 2.13 bits per heavy atom. The Labute approximate surface area is 136 Å². The van der Waals surface area contributed by atoms with Crippen molar-refractivity contribution in [3.8, 4) is 0 Å². The molecule has 0 spiro atoms. The smallest absolute Gasteiger partial charge is 0.381 e. The summed E-state index contributed by atoms with van der Waals surface area (Å²) in [4.78, 5) is 21.3. The maximum absolute atomic E-state index is 12.2. The number of hydrogen-bond acceptors (Lipinski definition) is 5. The van der Waals surface area contributed by atoms with E-state index in [1.807, 2.05) is 18.2 Å². The van der Waals surface area contributed by atoms with Crippen LogP contribution in [0.15, 0.2) is 24.3 Å². The molecule has 1 N–H and O–H groups in total. The van der Waals surface area contributed by atoms with Crippen LogP contribution in [0.4, 0.5) is 0 Å². The minimum Gasteiger partial charge on any atom is -0.381 e. The summed E-state index contributed by atoms with van der Waals surface area (Å²) < 4.78 is 25.5. The SMILES string of the molecule is COP(=O)(O)OCCC(=O)c1cccc(CC2CCOCC2)c1. The molecule has 2 rings (SSSR count). The second-order valence-corrected chi connectivity index (χ2v) is 7.18. The normalized spacial score (nSPS) is 18.5. The number of rotatable bonds is 8. The number of carbonyl (C=O) groups excluding carboxylic acids is 1. The van der Waals surface area contributed by atoms with E-state index in [2.05, 4.69) is 9.05 Å². The molecule has 0 aliphatic carbocycles. The lowest BCUT2D eigenvalue weighted by Gasteiger charge is -2.22. The summed E-state index contributed by atoms with van der Waals surface area (Å²) >= 11 is 0. The van der Waals surface area contributed by atoms with Crippen LogP contribution < -0.4 is 0 Å². The van der Waals surface area contributed by atoms with Gasteiger partial charge in [-0.1, -0.05) is 18.2 Å². The van der Waals surface area contributed by atoms with Gasteiger partial charge in [0.05, 0.1) is 6.61 Å². The van der Waals surface area contributed by atoms with Crippen molar-refractivity contribution in [2.45, 2.75) is 25.7 Å². The van der Waals surface area contributed by atoms with Crippen LogP contribution in [0.3, 0.4) is 0 Å². The molecular formula is C16H23O6P. The Morgan fingerprint density at radius 1 is 1.39 bits per heavy atom. The summed E-state index contributed by atoms with van der Waals surface area (Å²) in [5.41, 5.74) is 1.73. The summed E-state index contributed by atoms with van der Waals surface area (Å²) in [5.74, 6) is 0.481. The highest BCUT2D eigenvalue weighted by Gasteiger charge is 2.19. The zero-order valence-corrected chi connectivity index (χ0v) is 14.2. The van der Waals surface area contributed by atoms with Crippen LogP contribution in [-0.4, -0.2) is 37.6 Å². The molecule has 1 aromatic rings. The van der Waals surface area contributed by atoms with Crippen molar-refractivity contribution < 1.29 is 28.0 Å². The molecule has 0 saturated carbocycles. The average molecular weight is 342 g/mol. The van der Waals surface area contributed by atoms with Crippen LogP contribution >= 0.6 is 7.82 Å². The van der Waals surface area contributed by atoms with Crippen LogP contribution in [0, 0.1) is 5.92 Å². The number of phosphoric ester groups is 1. The molecule has 1 unspecified atom stereocenters. The van der Waals surface area contributed by atoms with Crippen LogP contribution in [0.25, 0.3) is 0 Å². The molecule has 0 amide bonds. The van der Waals surface area contributed by atoms with Crippen LogP contribution in [0.1, 0.15) is 35.2 Å². The Bertz CT molecular complexity index is 567. The van der Waals surface area contributed by atoms with E-state index in [0.29, 0.717) is 11.5 Å². The minimum absolute atomic E-state index is 0.0363. The molecule has 1 fully saturated rings. The molecule has 1 aromatic carbocycles. The molecule has 1 aliphatic rings. The van der Waals surface area contributed by atoms with Crippen molar-refractivity contribution in [2.24, 2.45) is 5.92 Å². The lowest BCUT2D eigenvalue weighted by atomic mass is 9.91. The second-order valence-electron chi connectivity index (χ2n) is 5.62. The predicted octanol–water partition coefficient (Wildman–Crippen LogP) is 2.99. The van der Waals surface area contributed by atoms with Gasteiger partial charge < -0.3 is 9.63 Å². The molecule has 23 heavy (non-hydrogen) atoms. The summed E-state index contributed by atoms with van der Waals surface area (Å²) in [6, 6.07) is 7.54. The van der Waals surface area contributed by atoms with Crippen molar-refractivity contribution in [1.82, 2.24) is 0 Å². The average Bonchev–Trinajstić information content (AvgIpc) is 2.56. The fourth-order valence-corrected chi connectivity index (χ4v) is 3.03. The number of Topliss-reactive ketones (excluding diaryl/α,β-unsaturated/α-hetero) is 1. The van der Waals surface area contributed by atoms with Gasteiger partial charge in [-0.25, -0.2) is 4.57 Å². The van der Waals surface area contributed by atoms with Crippen molar-refractivity contribution in [2.75, 3.05) is 26.9 Å². The largest absolute Gasteiger partial charge is 0.471 e. The highest BCUT2D eigenvalue weighted by Crippen LogP contribution is 2.41. The van der Waals surface area contributed by atoms with Crippen molar-refractivity contribution >= 4 is 13.6 Å². The molecule has 1 aliphatic heterocycles. The van der Waals surface area contributed by atoms with E-state index < -0.39 is 7.82 Å². The number of ether oxygens (including phenoxy) is 1. The molecule has 0 radical (unpaired) electrons. The number of hydrogen-bond donors (Lipinski definition) is 1. The molecule has 7 heteroatoms. The Hall–Kier alpha value is -1.04. The van der Waals surface area contributed by atoms with Gasteiger partial charge in [0, 0.05) is 32.3 Å². The second kappa shape index (κ2) is 8.71. The minimum atomic E-state index is -4.02. The number of carbonyl (C=O) groups is 1. The van der Waals surface area contributed by atoms with E-state index in [4.69, 9.17) is 9.63 Å². The van der Waals surface area contributed by atoms with E-state index in [0.717, 1.165) is 45.1 Å². The van der Waals surface area contributed by atoms with Gasteiger partial charge in [0.25, 0.3) is 0 Å². The fourth-order valence-electron chi connectivity index (χ4n) is 2.61. The first-order chi connectivity index (χ1) is 11.0. The molecule has 1 atom stereocenters. The fraction of sp³-hybridized carbons (Fsp3) is 0.562. The van der Waals surface area contributed by atoms with E-state index in [-0.39, 0.29) is 18.8 Å². The van der Waals surface area contributed by atoms with Crippen LogP contribution in [0.2, 0.25) is 0 Å². The topological polar surface area (TPSA) is 82.1 Å². The molecule has 0 bridgehead atoms. The molecule has 1 saturated heterocycles. The first-order valence-corrected chi connectivity index (χ1v) is 9.22. The lowest BCUT2D eigenvalue weighted by molar-refractivity contribution is 0.0665. The van der Waals surface area contributed by atoms with Gasteiger partial charge in [-0.3, -0.25) is 13.8 Å². The van der Waals surface area contributed by atoms with Gasteiger partial charge in [-0.05, 0) is 36.8 Å². The van der Waals surface area contributed by atoms with Gasteiger partial charge in [-0.15, -0.1) is 0 Å². The van der Waals surface area contributed by atoms with E-state index in [1.54, 1.807) is 6.07 Å². The Morgan fingerprint density at radius 3 is 2.83 bits per heavy atom. The lowest BCUT2D eigenvalue weighted by Crippen LogP contribution is -2.17. The van der Waals surface area contributed by atoms with Crippen molar-refractivity contribution in [3.63, 3.8) is 0 Å². The Kier molecular flexibility index (Phi) is 6.93. The summed E-state index contributed by atoms with van der Waals surface area (Å²) in [5, 5.41) is 0. The quantitative estimate of drug-likeness (QED) is 0.578. The standard InChI is InChI=1S/C16H23O6P/c1-20-23(18,19)22-10-7-16(17)15-4-2-3-14(12-15)11-13-5-8-21-9-6-13/h2-4,12-13H,5-11H2,1H3,(H,18,19).